The standard InChI is InChI=1S/C15H23FN4.H2/c1-10-17-9-13(16)14(18-10)19-11-5-7-20-12(8-11)4-6-15(20,2)3;/h9,11-12H,4-8H2,1-3H3,(H,17,18,19);1H. The summed E-state index contributed by atoms with van der Waals surface area (Å²) in [6.45, 7) is 7.52. The minimum atomic E-state index is -0.357. The molecular formula is C15H25FN4. The molecule has 112 valence electrons. The highest BCUT2D eigenvalue weighted by Crippen LogP contribution is 2.38. The zero-order valence-corrected chi connectivity index (χ0v) is 12.5. The number of aromatic nitrogens is 2. The fourth-order valence-electron chi connectivity index (χ4n) is 3.67. The maximum absolute atomic E-state index is 13.7. The van der Waals surface area contributed by atoms with Crippen LogP contribution >= 0.6 is 0 Å². The first-order valence-corrected chi connectivity index (χ1v) is 7.48. The van der Waals surface area contributed by atoms with Gasteiger partial charge in [0.05, 0.1) is 6.20 Å². The lowest BCUT2D eigenvalue weighted by molar-refractivity contribution is 0.0920. The Morgan fingerprint density at radius 1 is 1.45 bits per heavy atom. The van der Waals surface area contributed by atoms with E-state index in [1.807, 2.05) is 0 Å². The van der Waals surface area contributed by atoms with Crippen LogP contribution in [-0.2, 0) is 0 Å². The molecule has 0 aliphatic carbocycles. The molecule has 0 radical (unpaired) electrons. The molecule has 2 aliphatic heterocycles. The number of nitrogens with zero attached hydrogens (tertiary/aromatic N) is 3. The molecule has 2 saturated heterocycles. The Morgan fingerprint density at radius 3 is 3.05 bits per heavy atom. The molecule has 2 aliphatic rings. The fraction of sp³-hybridized carbons (Fsp3) is 0.733. The van der Waals surface area contributed by atoms with Crippen molar-refractivity contribution in [3.8, 4) is 0 Å². The summed E-state index contributed by atoms with van der Waals surface area (Å²) in [4.78, 5) is 10.7. The average molecular weight is 280 g/mol. The number of hydrogen-bond acceptors (Lipinski definition) is 4. The molecule has 1 N–H and O–H groups in total. The van der Waals surface area contributed by atoms with Gasteiger partial charge in [0.25, 0.3) is 0 Å². The number of rotatable bonds is 2. The second-order valence-corrected chi connectivity index (χ2v) is 6.68. The minimum Gasteiger partial charge on any atom is -0.365 e. The molecule has 0 amide bonds. The van der Waals surface area contributed by atoms with Crippen molar-refractivity contribution in [2.75, 3.05) is 11.9 Å². The zero-order valence-electron chi connectivity index (χ0n) is 12.5. The number of anilines is 1. The molecule has 3 rings (SSSR count). The minimum absolute atomic E-state index is 0. The molecule has 0 aromatic carbocycles. The number of halogens is 1. The van der Waals surface area contributed by atoms with E-state index in [9.17, 15) is 4.39 Å². The van der Waals surface area contributed by atoms with Gasteiger partial charge in [0.1, 0.15) is 5.82 Å². The van der Waals surface area contributed by atoms with Gasteiger partial charge < -0.3 is 5.32 Å². The van der Waals surface area contributed by atoms with E-state index in [0.29, 0.717) is 29.3 Å². The summed E-state index contributed by atoms with van der Waals surface area (Å²) in [5.41, 5.74) is 0.326. The molecule has 0 bridgehead atoms. The third-order valence-corrected chi connectivity index (χ3v) is 4.79. The molecule has 5 heteroatoms. The first-order valence-electron chi connectivity index (χ1n) is 7.48. The van der Waals surface area contributed by atoms with E-state index in [-0.39, 0.29) is 7.24 Å². The Bertz CT molecular complexity index is 508. The van der Waals surface area contributed by atoms with Gasteiger partial charge in [-0.25, -0.2) is 14.4 Å². The summed E-state index contributed by atoms with van der Waals surface area (Å²) in [6.07, 6.45) is 5.87. The molecule has 1 aromatic rings. The first kappa shape index (κ1) is 13.7. The predicted octanol–water partition coefficient (Wildman–Crippen LogP) is 2.99. The van der Waals surface area contributed by atoms with E-state index >= 15 is 0 Å². The number of fused-ring (bicyclic) bond motifs is 1. The van der Waals surface area contributed by atoms with Crippen molar-refractivity contribution in [3.05, 3.63) is 17.8 Å². The molecule has 2 fully saturated rings. The van der Waals surface area contributed by atoms with Crippen LogP contribution in [-0.4, -0.2) is 39.0 Å². The van der Waals surface area contributed by atoms with Gasteiger partial charge in [-0.05, 0) is 46.5 Å². The Labute approximate surface area is 121 Å². The SMILES string of the molecule is Cc1ncc(F)c(NC2CCN3C(CCC3(C)C)C2)n1.[HH]. The van der Waals surface area contributed by atoms with E-state index in [2.05, 4.69) is 34.0 Å². The van der Waals surface area contributed by atoms with Crippen LogP contribution in [0.2, 0.25) is 0 Å². The summed E-state index contributed by atoms with van der Waals surface area (Å²) < 4.78 is 13.7. The lowest BCUT2D eigenvalue weighted by Crippen LogP contribution is -2.50. The Balaban J connectivity index is 0.00000161. The monoisotopic (exact) mass is 280 g/mol. The zero-order chi connectivity index (χ0) is 14.3. The molecule has 3 heterocycles. The van der Waals surface area contributed by atoms with E-state index < -0.39 is 0 Å². The lowest BCUT2D eigenvalue weighted by atomic mass is 9.97. The number of piperidine rings is 1. The highest BCUT2D eigenvalue weighted by molar-refractivity contribution is 5.36. The Morgan fingerprint density at radius 2 is 2.25 bits per heavy atom. The highest BCUT2D eigenvalue weighted by Gasteiger charge is 2.42. The van der Waals surface area contributed by atoms with E-state index in [1.54, 1.807) is 6.92 Å². The molecule has 20 heavy (non-hydrogen) atoms. The maximum Gasteiger partial charge on any atom is 0.183 e. The van der Waals surface area contributed by atoms with Gasteiger partial charge in [0.15, 0.2) is 11.6 Å². The van der Waals surface area contributed by atoms with Crippen LogP contribution < -0.4 is 5.32 Å². The third kappa shape index (κ3) is 2.51. The Hall–Kier alpha value is -1.23. The summed E-state index contributed by atoms with van der Waals surface area (Å²) in [5.74, 6) is 0.603. The summed E-state index contributed by atoms with van der Waals surface area (Å²) in [5, 5.41) is 3.28. The molecule has 0 saturated carbocycles. The van der Waals surface area contributed by atoms with Crippen LogP contribution in [0.1, 0.15) is 46.8 Å². The number of nitrogens with one attached hydrogen (secondary N) is 1. The van der Waals surface area contributed by atoms with Crippen molar-refractivity contribution in [3.63, 3.8) is 0 Å². The van der Waals surface area contributed by atoms with Crippen LogP contribution in [0.5, 0.6) is 0 Å². The first-order chi connectivity index (χ1) is 9.45. The van der Waals surface area contributed by atoms with Crippen molar-refractivity contribution >= 4 is 5.82 Å². The maximum atomic E-state index is 13.7. The second-order valence-electron chi connectivity index (χ2n) is 6.68. The van der Waals surface area contributed by atoms with E-state index in [4.69, 9.17) is 0 Å². The summed E-state index contributed by atoms with van der Waals surface area (Å²) >= 11 is 0. The predicted molar refractivity (Wildman–Crippen MR) is 79.3 cm³/mol. The summed E-state index contributed by atoms with van der Waals surface area (Å²) in [6, 6.07) is 0.941. The van der Waals surface area contributed by atoms with Crippen molar-refractivity contribution in [1.82, 2.24) is 14.9 Å². The molecular weight excluding hydrogens is 255 g/mol. The Kier molecular flexibility index (Phi) is 3.40. The normalized spacial score (nSPS) is 29.2. The topological polar surface area (TPSA) is 41.1 Å². The average Bonchev–Trinajstić information content (AvgIpc) is 2.70. The van der Waals surface area contributed by atoms with Gasteiger partial charge in [0.2, 0.25) is 0 Å². The molecule has 2 atom stereocenters. The van der Waals surface area contributed by atoms with Gasteiger partial charge in [0, 0.05) is 25.6 Å². The van der Waals surface area contributed by atoms with Crippen molar-refractivity contribution in [2.45, 2.75) is 64.1 Å². The summed E-state index contributed by atoms with van der Waals surface area (Å²) in [7, 11) is 0. The quantitative estimate of drug-likeness (QED) is 0.904. The van der Waals surface area contributed by atoms with Crippen molar-refractivity contribution in [2.24, 2.45) is 0 Å². The third-order valence-electron chi connectivity index (χ3n) is 4.79. The van der Waals surface area contributed by atoms with Crippen LogP contribution in [0, 0.1) is 12.7 Å². The van der Waals surface area contributed by atoms with Gasteiger partial charge in [-0.1, -0.05) is 0 Å². The number of aryl methyl sites for hydroxylation is 1. The highest BCUT2D eigenvalue weighted by atomic mass is 19.1. The second kappa shape index (κ2) is 4.95. The molecule has 1 aromatic heterocycles. The van der Waals surface area contributed by atoms with E-state index in [1.165, 1.54) is 19.0 Å². The smallest absolute Gasteiger partial charge is 0.183 e. The van der Waals surface area contributed by atoms with E-state index in [0.717, 1.165) is 19.4 Å². The van der Waals surface area contributed by atoms with Crippen molar-refractivity contribution < 1.29 is 5.82 Å². The van der Waals surface area contributed by atoms with Crippen LogP contribution in [0.25, 0.3) is 0 Å². The van der Waals surface area contributed by atoms with Gasteiger partial charge in [-0.15, -0.1) is 0 Å². The largest absolute Gasteiger partial charge is 0.365 e. The van der Waals surface area contributed by atoms with Gasteiger partial charge >= 0.3 is 0 Å². The molecule has 2 unspecified atom stereocenters. The number of hydrogen-bond donors (Lipinski definition) is 1. The van der Waals surface area contributed by atoms with Gasteiger partial charge in [-0.3, -0.25) is 4.90 Å². The van der Waals surface area contributed by atoms with Crippen molar-refractivity contribution in [1.29, 1.82) is 0 Å². The van der Waals surface area contributed by atoms with Gasteiger partial charge in [-0.2, -0.15) is 0 Å². The lowest BCUT2D eigenvalue weighted by Gasteiger charge is -2.42. The van der Waals surface area contributed by atoms with Crippen LogP contribution in [0.15, 0.2) is 6.20 Å². The molecule has 4 nitrogen and oxygen atoms in total. The van der Waals surface area contributed by atoms with Crippen LogP contribution in [0.4, 0.5) is 10.2 Å². The fourth-order valence-corrected chi connectivity index (χ4v) is 3.67. The molecule has 0 spiro atoms. The van der Waals surface area contributed by atoms with Crippen LogP contribution in [0.3, 0.4) is 0 Å².